The van der Waals surface area contributed by atoms with Crippen molar-refractivity contribution < 1.29 is 14.3 Å². The summed E-state index contributed by atoms with van der Waals surface area (Å²) in [5.41, 5.74) is 1.13. The quantitative estimate of drug-likeness (QED) is 0.763. The van der Waals surface area contributed by atoms with Gasteiger partial charge in [0, 0.05) is 32.6 Å². The van der Waals surface area contributed by atoms with Gasteiger partial charge in [0.05, 0.1) is 13.0 Å². The maximum atomic E-state index is 12.2. The highest BCUT2D eigenvalue weighted by atomic mass is 16.5. The van der Waals surface area contributed by atoms with Gasteiger partial charge in [-0.25, -0.2) is 0 Å². The Bertz CT molecular complexity index is 574. The molecule has 1 heterocycles. The summed E-state index contributed by atoms with van der Waals surface area (Å²) in [5, 5.41) is 2.91. The Morgan fingerprint density at radius 2 is 2.21 bits per heavy atom. The fourth-order valence-corrected chi connectivity index (χ4v) is 2.80. The molecule has 1 aromatic rings. The third-order valence-corrected chi connectivity index (χ3v) is 4.25. The highest BCUT2D eigenvalue weighted by molar-refractivity contribution is 5.89. The third kappa shape index (κ3) is 5.23. The number of hydrogen-bond acceptors (Lipinski definition) is 4. The van der Waals surface area contributed by atoms with Crippen LogP contribution >= 0.6 is 0 Å². The summed E-state index contributed by atoms with van der Waals surface area (Å²) >= 11 is 0. The SMILES string of the molecule is COc1cccc(CCN2CC(C(=O)NCCN(C)C)CC2=O)c1. The molecule has 2 rings (SSSR count). The van der Waals surface area contributed by atoms with Crippen LogP contribution in [0.1, 0.15) is 12.0 Å². The van der Waals surface area contributed by atoms with E-state index in [9.17, 15) is 9.59 Å². The van der Waals surface area contributed by atoms with Gasteiger partial charge in [0.15, 0.2) is 0 Å². The van der Waals surface area contributed by atoms with E-state index in [4.69, 9.17) is 4.74 Å². The van der Waals surface area contributed by atoms with Crippen LogP contribution < -0.4 is 10.1 Å². The van der Waals surface area contributed by atoms with Gasteiger partial charge in [-0.15, -0.1) is 0 Å². The maximum Gasteiger partial charge on any atom is 0.225 e. The standard InChI is InChI=1S/C18H27N3O3/c1-20(2)10-8-19-18(23)15-12-17(22)21(13-15)9-7-14-5-4-6-16(11-14)24-3/h4-6,11,15H,7-10,12-13H2,1-3H3,(H,19,23). The van der Waals surface area contributed by atoms with Crippen molar-refractivity contribution in [1.82, 2.24) is 15.1 Å². The molecule has 0 spiro atoms. The summed E-state index contributed by atoms with van der Waals surface area (Å²) < 4.78 is 5.21. The molecule has 1 unspecified atom stereocenters. The number of benzene rings is 1. The summed E-state index contributed by atoms with van der Waals surface area (Å²) in [5.74, 6) is 0.628. The number of likely N-dealkylation sites (tertiary alicyclic amines) is 1. The first-order valence-electron chi connectivity index (χ1n) is 8.32. The molecule has 1 aliphatic heterocycles. The lowest BCUT2D eigenvalue weighted by Crippen LogP contribution is -2.37. The molecular formula is C18H27N3O3. The van der Waals surface area contributed by atoms with Gasteiger partial charge >= 0.3 is 0 Å². The molecule has 0 saturated carbocycles. The minimum Gasteiger partial charge on any atom is -0.497 e. The molecule has 1 aromatic carbocycles. The van der Waals surface area contributed by atoms with Crippen molar-refractivity contribution >= 4 is 11.8 Å². The first kappa shape index (κ1) is 18.3. The number of carbonyl (C=O) groups excluding carboxylic acids is 2. The first-order chi connectivity index (χ1) is 11.5. The second-order valence-corrected chi connectivity index (χ2v) is 6.44. The van der Waals surface area contributed by atoms with Crippen molar-refractivity contribution in [3.8, 4) is 5.75 Å². The molecule has 0 aliphatic carbocycles. The van der Waals surface area contributed by atoms with E-state index in [1.54, 1.807) is 12.0 Å². The van der Waals surface area contributed by atoms with Crippen molar-refractivity contribution in [3.05, 3.63) is 29.8 Å². The molecule has 1 saturated heterocycles. The number of carbonyl (C=O) groups is 2. The molecule has 1 N–H and O–H groups in total. The maximum absolute atomic E-state index is 12.2. The van der Waals surface area contributed by atoms with Crippen molar-refractivity contribution in [1.29, 1.82) is 0 Å². The van der Waals surface area contributed by atoms with Crippen LogP contribution in [0.15, 0.2) is 24.3 Å². The van der Waals surface area contributed by atoms with Crippen molar-refractivity contribution in [2.75, 3.05) is 47.4 Å². The van der Waals surface area contributed by atoms with Gasteiger partial charge in [-0.1, -0.05) is 12.1 Å². The number of rotatable bonds is 8. The number of nitrogens with one attached hydrogen (secondary N) is 1. The van der Waals surface area contributed by atoms with Crippen molar-refractivity contribution in [2.24, 2.45) is 5.92 Å². The Morgan fingerprint density at radius 1 is 1.42 bits per heavy atom. The zero-order valence-corrected chi connectivity index (χ0v) is 14.7. The van der Waals surface area contributed by atoms with Crippen LogP contribution in [0.4, 0.5) is 0 Å². The zero-order valence-electron chi connectivity index (χ0n) is 14.7. The number of nitrogens with zero attached hydrogens (tertiary/aromatic N) is 2. The molecule has 24 heavy (non-hydrogen) atoms. The molecular weight excluding hydrogens is 306 g/mol. The van der Waals surface area contributed by atoms with E-state index in [-0.39, 0.29) is 17.7 Å². The van der Waals surface area contributed by atoms with E-state index in [2.05, 4.69) is 5.32 Å². The molecule has 1 atom stereocenters. The van der Waals surface area contributed by atoms with Crippen molar-refractivity contribution in [2.45, 2.75) is 12.8 Å². The molecule has 1 aliphatic rings. The lowest BCUT2D eigenvalue weighted by molar-refractivity contribution is -0.129. The lowest BCUT2D eigenvalue weighted by atomic mass is 10.1. The van der Waals surface area contributed by atoms with E-state index in [0.29, 0.717) is 26.1 Å². The first-order valence-corrected chi connectivity index (χ1v) is 8.32. The molecule has 1 fully saturated rings. The van der Waals surface area contributed by atoms with E-state index < -0.39 is 0 Å². The fourth-order valence-electron chi connectivity index (χ4n) is 2.80. The van der Waals surface area contributed by atoms with Gasteiger partial charge in [0.2, 0.25) is 11.8 Å². The summed E-state index contributed by atoms with van der Waals surface area (Å²) in [6, 6.07) is 7.85. The second kappa shape index (κ2) is 8.68. The largest absolute Gasteiger partial charge is 0.497 e. The molecule has 2 amide bonds. The summed E-state index contributed by atoms with van der Waals surface area (Å²) in [7, 11) is 5.57. The minimum absolute atomic E-state index is 0.0194. The Kier molecular flexibility index (Phi) is 6.61. The van der Waals surface area contributed by atoms with Gasteiger partial charge < -0.3 is 19.9 Å². The van der Waals surface area contributed by atoms with Crippen LogP contribution in [0, 0.1) is 5.92 Å². The fraction of sp³-hybridized carbons (Fsp3) is 0.556. The van der Waals surface area contributed by atoms with Gasteiger partial charge in [-0.3, -0.25) is 9.59 Å². The second-order valence-electron chi connectivity index (χ2n) is 6.44. The molecule has 6 heteroatoms. The summed E-state index contributed by atoms with van der Waals surface area (Å²) in [6.45, 7) is 2.55. The Labute approximate surface area is 143 Å². The van der Waals surface area contributed by atoms with E-state index in [1.165, 1.54) is 0 Å². The Morgan fingerprint density at radius 3 is 2.92 bits per heavy atom. The monoisotopic (exact) mass is 333 g/mol. The van der Waals surface area contributed by atoms with Crippen LogP contribution in [0.3, 0.4) is 0 Å². The molecule has 0 bridgehead atoms. The van der Waals surface area contributed by atoms with Gasteiger partial charge in [0.25, 0.3) is 0 Å². The number of methoxy groups -OCH3 is 1. The number of likely N-dealkylation sites (N-methyl/N-ethyl adjacent to an activating group) is 1. The van der Waals surface area contributed by atoms with Crippen LogP contribution in [0.2, 0.25) is 0 Å². The van der Waals surface area contributed by atoms with Crippen LogP contribution in [0.5, 0.6) is 5.75 Å². The average Bonchev–Trinajstić information content (AvgIpc) is 2.94. The zero-order chi connectivity index (χ0) is 17.5. The third-order valence-electron chi connectivity index (χ3n) is 4.25. The Balaban J connectivity index is 1.80. The summed E-state index contributed by atoms with van der Waals surface area (Å²) in [4.78, 5) is 28.1. The predicted molar refractivity (Wildman–Crippen MR) is 92.9 cm³/mol. The van der Waals surface area contributed by atoms with E-state index >= 15 is 0 Å². The number of hydrogen-bond donors (Lipinski definition) is 1. The predicted octanol–water partition coefficient (Wildman–Crippen LogP) is 0.764. The highest BCUT2D eigenvalue weighted by Crippen LogP contribution is 2.19. The van der Waals surface area contributed by atoms with Crippen LogP contribution in [0.25, 0.3) is 0 Å². The van der Waals surface area contributed by atoms with Gasteiger partial charge in [-0.2, -0.15) is 0 Å². The normalized spacial score (nSPS) is 17.4. The van der Waals surface area contributed by atoms with Gasteiger partial charge in [-0.05, 0) is 38.2 Å². The summed E-state index contributed by atoms with van der Waals surface area (Å²) in [6.07, 6.45) is 1.07. The Hall–Kier alpha value is -2.08. The molecule has 6 nitrogen and oxygen atoms in total. The smallest absolute Gasteiger partial charge is 0.225 e. The van der Waals surface area contributed by atoms with E-state index in [0.717, 1.165) is 24.3 Å². The average molecular weight is 333 g/mol. The number of ether oxygens (including phenoxy) is 1. The molecule has 0 radical (unpaired) electrons. The van der Waals surface area contributed by atoms with Gasteiger partial charge in [0.1, 0.15) is 5.75 Å². The van der Waals surface area contributed by atoms with Crippen molar-refractivity contribution in [3.63, 3.8) is 0 Å². The molecule has 132 valence electrons. The van der Waals surface area contributed by atoms with Crippen LogP contribution in [-0.2, 0) is 16.0 Å². The minimum atomic E-state index is -0.232. The lowest BCUT2D eigenvalue weighted by Gasteiger charge is -2.17. The highest BCUT2D eigenvalue weighted by Gasteiger charge is 2.33. The molecule has 0 aromatic heterocycles. The number of amides is 2. The topological polar surface area (TPSA) is 61.9 Å². The van der Waals surface area contributed by atoms with Crippen LogP contribution in [-0.4, -0.2) is 69.0 Å². The van der Waals surface area contributed by atoms with E-state index in [1.807, 2.05) is 43.3 Å².